The molecule has 0 saturated heterocycles. The molecule has 1 atom stereocenters. The molecule has 1 aliphatic rings. The van der Waals surface area contributed by atoms with Gasteiger partial charge in [-0.3, -0.25) is 9.69 Å². The Morgan fingerprint density at radius 3 is 2.32 bits per heavy atom. The zero-order valence-electron chi connectivity index (χ0n) is 13.6. The largest absolute Gasteiger partial charge is 0.364 e. The van der Waals surface area contributed by atoms with Crippen molar-refractivity contribution >= 4 is 17.3 Å². The molecule has 3 rings (SSSR count). The molecule has 1 aliphatic heterocycles. The molecular formula is C19H22N2O. The van der Waals surface area contributed by atoms with Gasteiger partial charge in [0, 0.05) is 16.8 Å². The first-order valence-corrected chi connectivity index (χ1v) is 7.64. The molecule has 1 heterocycles. The lowest BCUT2D eigenvalue weighted by molar-refractivity contribution is 0.0955. The number of rotatable bonds is 1. The molecule has 3 nitrogen and oxygen atoms in total. The second kappa shape index (κ2) is 5.16. The van der Waals surface area contributed by atoms with Crippen LogP contribution in [0.25, 0.3) is 0 Å². The van der Waals surface area contributed by atoms with Crippen LogP contribution >= 0.6 is 0 Å². The molecule has 0 spiro atoms. The number of anilines is 2. The summed E-state index contributed by atoms with van der Waals surface area (Å²) in [5, 5.41) is 3.55. The summed E-state index contributed by atoms with van der Waals surface area (Å²) >= 11 is 0. The number of amides is 1. The third kappa shape index (κ3) is 2.37. The van der Waals surface area contributed by atoms with Gasteiger partial charge in [-0.2, -0.15) is 0 Å². The van der Waals surface area contributed by atoms with Crippen molar-refractivity contribution in [3.05, 3.63) is 59.7 Å². The number of aryl methyl sites for hydroxylation is 1. The van der Waals surface area contributed by atoms with Gasteiger partial charge in [0.25, 0.3) is 5.91 Å². The van der Waals surface area contributed by atoms with E-state index in [0.717, 1.165) is 22.5 Å². The summed E-state index contributed by atoms with van der Waals surface area (Å²) in [6.07, 6.45) is -0.0870. The van der Waals surface area contributed by atoms with Gasteiger partial charge in [-0.25, -0.2) is 0 Å². The van der Waals surface area contributed by atoms with Gasteiger partial charge >= 0.3 is 0 Å². The number of carbonyl (C=O) groups excluding carboxylic acids is 1. The summed E-state index contributed by atoms with van der Waals surface area (Å²) in [5.74, 6) is 0.0589. The maximum atomic E-state index is 13.1. The summed E-state index contributed by atoms with van der Waals surface area (Å²) in [4.78, 5) is 15.0. The fourth-order valence-corrected chi connectivity index (χ4v) is 2.94. The second-order valence-electron chi connectivity index (χ2n) is 6.92. The van der Waals surface area contributed by atoms with Crippen LogP contribution in [-0.2, 0) is 0 Å². The van der Waals surface area contributed by atoms with Crippen molar-refractivity contribution in [2.75, 3.05) is 10.2 Å². The summed E-state index contributed by atoms with van der Waals surface area (Å²) in [6.45, 7) is 8.49. The second-order valence-corrected chi connectivity index (χ2v) is 6.92. The molecule has 0 aromatic heterocycles. The maximum Gasteiger partial charge on any atom is 0.262 e. The Balaban J connectivity index is 2.17. The minimum atomic E-state index is -0.0918. The molecule has 22 heavy (non-hydrogen) atoms. The van der Waals surface area contributed by atoms with E-state index in [1.54, 1.807) is 0 Å². The summed E-state index contributed by atoms with van der Waals surface area (Å²) in [7, 11) is 0. The van der Waals surface area contributed by atoms with Gasteiger partial charge in [-0.05, 0) is 30.7 Å². The van der Waals surface area contributed by atoms with Crippen molar-refractivity contribution < 1.29 is 4.79 Å². The molecule has 2 aromatic carbocycles. The predicted molar refractivity (Wildman–Crippen MR) is 91.3 cm³/mol. The third-order valence-corrected chi connectivity index (χ3v) is 4.12. The van der Waals surface area contributed by atoms with Gasteiger partial charge in [0.05, 0.1) is 5.56 Å². The number of hydrogen-bond donors (Lipinski definition) is 1. The van der Waals surface area contributed by atoms with Crippen molar-refractivity contribution in [2.24, 2.45) is 5.41 Å². The highest BCUT2D eigenvalue weighted by atomic mass is 16.2. The van der Waals surface area contributed by atoms with E-state index in [9.17, 15) is 4.79 Å². The molecule has 0 saturated carbocycles. The molecule has 1 amide bonds. The molecule has 0 bridgehead atoms. The van der Waals surface area contributed by atoms with Crippen molar-refractivity contribution in [3.63, 3.8) is 0 Å². The lowest BCUT2D eigenvalue weighted by Gasteiger charge is -2.45. The highest BCUT2D eigenvalue weighted by Gasteiger charge is 2.39. The number of para-hydroxylation sites is 2. The lowest BCUT2D eigenvalue weighted by Crippen LogP contribution is -2.55. The fourth-order valence-electron chi connectivity index (χ4n) is 2.94. The van der Waals surface area contributed by atoms with Crippen LogP contribution in [0.2, 0.25) is 0 Å². The summed E-state index contributed by atoms with van der Waals surface area (Å²) < 4.78 is 0. The molecule has 0 radical (unpaired) electrons. The third-order valence-electron chi connectivity index (χ3n) is 4.12. The number of nitrogens with one attached hydrogen (secondary N) is 1. The van der Waals surface area contributed by atoms with Crippen LogP contribution in [-0.4, -0.2) is 12.1 Å². The van der Waals surface area contributed by atoms with Gasteiger partial charge in [0.2, 0.25) is 0 Å². The van der Waals surface area contributed by atoms with Gasteiger partial charge in [0.15, 0.2) is 0 Å². The quantitative estimate of drug-likeness (QED) is 0.843. The van der Waals surface area contributed by atoms with Crippen LogP contribution in [0.1, 0.15) is 36.7 Å². The predicted octanol–water partition coefficient (Wildman–Crippen LogP) is 4.44. The number of nitrogens with zero attached hydrogens (tertiary/aromatic N) is 1. The SMILES string of the molecule is Cc1ccccc1N1C(=O)c2ccccc2NC1C(C)(C)C. The van der Waals surface area contributed by atoms with E-state index in [2.05, 4.69) is 26.1 Å². The number of fused-ring (bicyclic) bond motifs is 1. The van der Waals surface area contributed by atoms with Crippen LogP contribution in [0.3, 0.4) is 0 Å². The Labute approximate surface area is 132 Å². The van der Waals surface area contributed by atoms with Crippen molar-refractivity contribution in [2.45, 2.75) is 33.9 Å². The topological polar surface area (TPSA) is 32.3 Å². The van der Waals surface area contributed by atoms with E-state index in [1.807, 2.05) is 60.4 Å². The van der Waals surface area contributed by atoms with E-state index < -0.39 is 0 Å². The lowest BCUT2D eigenvalue weighted by atomic mass is 9.88. The van der Waals surface area contributed by atoms with Crippen LogP contribution in [0, 0.1) is 12.3 Å². The van der Waals surface area contributed by atoms with Crippen LogP contribution in [0.15, 0.2) is 48.5 Å². The maximum absolute atomic E-state index is 13.1. The van der Waals surface area contributed by atoms with E-state index in [4.69, 9.17) is 0 Å². The van der Waals surface area contributed by atoms with Gasteiger partial charge in [-0.15, -0.1) is 0 Å². The number of benzene rings is 2. The number of carbonyl (C=O) groups is 1. The Bertz CT molecular complexity index is 715. The Kier molecular flexibility index (Phi) is 3.44. The van der Waals surface area contributed by atoms with E-state index >= 15 is 0 Å². The van der Waals surface area contributed by atoms with E-state index in [-0.39, 0.29) is 17.5 Å². The molecule has 0 aliphatic carbocycles. The molecule has 1 unspecified atom stereocenters. The Morgan fingerprint density at radius 1 is 1.00 bits per heavy atom. The van der Waals surface area contributed by atoms with Crippen molar-refractivity contribution in [1.29, 1.82) is 0 Å². The zero-order valence-corrected chi connectivity index (χ0v) is 13.6. The standard InChI is InChI=1S/C19H22N2O/c1-13-9-5-8-12-16(13)21-17(22)14-10-6-7-11-15(14)20-18(21)19(2,3)4/h5-12,18,20H,1-4H3. The minimum Gasteiger partial charge on any atom is -0.364 e. The average Bonchev–Trinajstić information content (AvgIpc) is 2.47. The van der Waals surface area contributed by atoms with E-state index in [1.165, 1.54) is 0 Å². The monoisotopic (exact) mass is 294 g/mol. The zero-order chi connectivity index (χ0) is 15.9. The highest BCUT2D eigenvalue weighted by molar-refractivity contribution is 6.12. The number of hydrogen-bond acceptors (Lipinski definition) is 2. The summed E-state index contributed by atoms with van der Waals surface area (Å²) in [5.41, 5.74) is 3.62. The average molecular weight is 294 g/mol. The first kappa shape index (κ1) is 14.6. The minimum absolute atomic E-state index is 0.0589. The van der Waals surface area contributed by atoms with Gasteiger partial charge < -0.3 is 5.32 Å². The first-order chi connectivity index (χ1) is 10.4. The highest BCUT2D eigenvalue weighted by Crippen LogP contribution is 2.37. The summed E-state index contributed by atoms with van der Waals surface area (Å²) in [6, 6.07) is 15.8. The molecule has 114 valence electrons. The molecule has 3 heteroatoms. The molecule has 1 N–H and O–H groups in total. The van der Waals surface area contributed by atoms with E-state index in [0.29, 0.717) is 0 Å². The Hall–Kier alpha value is -2.29. The smallest absolute Gasteiger partial charge is 0.262 e. The normalized spacial score (nSPS) is 17.9. The molecular weight excluding hydrogens is 272 g/mol. The van der Waals surface area contributed by atoms with Crippen LogP contribution in [0.4, 0.5) is 11.4 Å². The van der Waals surface area contributed by atoms with Gasteiger partial charge in [0.1, 0.15) is 6.17 Å². The fraction of sp³-hybridized carbons (Fsp3) is 0.316. The van der Waals surface area contributed by atoms with Gasteiger partial charge in [-0.1, -0.05) is 51.1 Å². The first-order valence-electron chi connectivity index (χ1n) is 7.64. The molecule has 2 aromatic rings. The van der Waals surface area contributed by atoms with Crippen LogP contribution < -0.4 is 10.2 Å². The Morgan fingerprint density at radius 2 is 1.64 bits per heavy atom. The van der Waals surface area contributed by atoms with Crippen molar-refractivity contribution in [1.82, 2.24) is 0 Å². The van der Waals surface area contributed by atoms with Crippen LogP contribution in [0.5, 0.6) is 0 Å². The van der Waals surface area contributed by atoms with Crippen molar-refractivity contribution in [3.8, 4) is 0 Å². The molecule has 0 fully saturated rings.